The van der Waals surface area contributed by atoms with Crippen molar-refractivity contribution in [3.8, 4) is 0 Å². The summed E-state index contributed by atoms with van der Waals surface area (Å²) in [4.78, 5) is 21.8. The summed E-state index contributed by atoms with van der Waals surface area (Å²) in [6.07, 6.45) is 0.386. The van der Waals surface area contributed by atoms with Gasteiger partial charge in [0.15, 0.2) is 0 Å². The molecule has 1 amide bonds. The first-order chi connectivity index (χ1) is 6.35. The van der Waals surface area contributed by atoms with E-state index < -0.39 is 30.1 Å². The summed E-state index contributed by atoms with van der Waals surface area (Å²) in [7, 11) is 0. The molecule has 5 N–H and O–H groups in total. The molecule has 82 valence electrons. The molecule has 0 fully saturated rings. The first-order valence-electron chi connectivity index (χ1n) is 4.28. The zero-order chi connectivity index (χ0) is 11.4. The van der Waals surface area contributed by atoms with Gasteiger partial charge in [-0.2, -0.15) is 0 Å². The monoisotopic (exact) mass is 204 g/mol. The molecular weight excluding hydrogens is 188 g/mol. The smallest absolute Gasteiger partial charge is 0.328 e. The van der Waals surface area contributed by atoms with Gasteiger partial charge in [-0.25, -0.2) is 4.79 Å². The van der Waals surface area contributed by atoms with Crippen LogP contribution in [-0.4, -0.2) is 40.3 Å². The summed E-state index contributed by atoms with van der Waals surface area (Å²) in [5.41, 5.74) is 4.47. The second-order valence-corrected chi connectivity index (χ2v) is 3.32. The van der Waals surface area contributed by atoms with Gasteiger partial charge < -0.3 is 21.3 Å². The second-order valence-electron chi connectivity index (χ2n) is 3.32. The number of carboxylic acids is 1. The van der Waals surface area contributed by atoms with Crippen molar-refractivity contribution >= 4 is 11.9 Å². The van der Waals surface area contributed by atoms with E-state index in [-0.39, 0.29) is 0 Å². The average molecular weight is 204 g/mol. The van der Waals surface area contributed by atoms with Gasteiger partial charge in [0, 0.05) is 0 Å². The van der Waals surface area contributed by atoms with Gasteiger partial charge in [0.25, 0.3) is 0 Å². The number of rotatable bonds is 5. The Kier molecular flexibility index (Phi) is 4.52. The van der Waals surface area contributed by atoms with E-state index in [2.05, 4.69) is 5.32 Å². The Morgan fingerprint density at radius 1 is 1.57 bits per heavy atom. The van der Waals surface area contributed by atoms with Crippen LogP contribution in [0.1, 0.15) is 20.3 Å². The molecule has 14 heavy (non-hydrogen) atoms. The van der Waals surface area contributed by atoms with Crippen LogP contribution in [-0.2, 0) is 9.59 Å². The largest absolute Gasteiger partial charge is 0.480 e. The third kappa shape index (κ3) is 3.31. The lowest BCUT2D eigenvalue weighted by Gasteiger charge is -2.23. The number of aliphatic hydroxyl groups is 1. The van der Waals surface area contributed by atoms with Crippen molar-refractivity contribution in [3.05, 3.63) is 0 Å². The minimum atomic E-state index is -1.29. The van der Waals surface area contributed by atoms with Gasteiger partial charge in [0.2, 0.25) is 5.91 Å². The minimum absolute atomic E-state index is 0.386. The molecule has 0 bridgehead atoms. The van der Waals surface area contributed by atoms with Gasteiger partial charge in [-0.3, -0.25) is 4.79 Å². The van der Waals surface area contributed by atoms with Crippen molar-refractivity contribution in [2.75, 3.05) is 6.61 Å². The Hall–Kier alpha value is -1.14. The van der Waals surface area contributed by atoms with E-state index in [1.807, 2.05) is 0 Å². The van der Waals surface area contributed by atoms with Crippen LogP contribution in [0.4, 0.5) is 0 Å². The standard InChI is InChI=1S/C8H16N2O4/c1-3-8(2,9)7(14)10-5(4-11)6(12)13/h5,11H,3-4,9H2,1-2H3,(H,10,14)(H,12,13). The molecule has 0 aromatic carbocycles. The van der Waals surface area contributed by atoms with Gasteiger partial charge >= 0.3 is 5.97 Å². The maximum atomic E-state index is 11.4. The van der Waals surface area contributed by atoms with Crippen molar-refractivity contribution in [2.45, 2.75) is 31.8 Å². The highest BCUT2D eigenvalue weighted by Gasteiger charge is 2.29. The predicted octanol–water partition coefficient (Wildman–Crippen LogP) is -1.32. The lowest BCUT2D eigenvalue weighted by molar-refractivity contribution is -0.143. The molecule has 0 aromatic heterocycles. The highest BCUT2D eigenvalue weighted by molar-refractivity contribution is 5.89. The highest BCUT2D eigenvalue weighted by Crippen LogP contribution is 2.04. The van der Waals surface area contributed by atoms with Crippen molar-refractivity contribution < 1.29 is 19.8 Å². The first kappa shape index (κ1) is 12.9. The summed E-state index contributed by atoms with van der Waals surface area (Å²) in [6, 6.07) is -1.29. The maximum absolute atomic E-state index is 11.4. The SMILES string of the molecule is CCC(C)(N)C(=O)NC(CO)C(=O)O. The normalized spacial score (nSPS) is 16.9. The molecule has 0 saturated carbocycles. The molecule has 6 heteroatoms. The van der Waals surface area contributed by atoms with Crippen LogP contribution in [0.5, 0.6) is 0 Å². The number of nitrogens with one attached hydrogen (secondary N) is 1. The maximum Gasteiger partial charge on any atom is 0.328 e. The number of aliphatic carboxylic acids is 1. The predicted molar refractivity (Wildman–Crippen MR) is 49.5 cm³/mol. The van der Waals surface area contributed by atoms with Crippen molar-refractivity contribution in [1.29, 1.82) is 0 Å². The van der Waals surface area contributed by atoms with Crippen LogP contribution >= 0.6 is 0 Å². The topological polar surface area (TPSA) is 113 Å². The van der Waals surface area contributed by atoms with Gasteiger partial charge in [0.1, 0.15) is 6.04 Å². The highest BCUT2D eigenvalue weighted by atomic mass is 16.4. The summed E-state index contributed by atoms with van der Waals surface area (Å²) in [5, 5.41) is 19.3. The molecule has 2 unspecified atom stereocenters. The molecule has 0 heterocycles. The first-order valence-corrected chi connectivity index (χ1v) is 4.28. The van der Waals surface area contributed by atoms with E-state index in [9.17, 15) is 9.59 Å². The molecule has 0 aliphatic heterocycles. The van der Waals surface area contributed by atoms with Crippen LogP contribution in [0.15, 0.2) is 0 Å². The van der Waals surface area contributed by atoms with Gasteiger partial charge in [-0.15, -0.1) is 0 Å². The fourth-order valence-corrected chi connectivity index (χ4v) is 0.669. The van der Waals surface area contributed by atoms with Crippen LogP contribution in [0, 0.1) is 0 Å². The number of aliphatic hydroxyl groups excluding tert-OH is 1. The fourth-order valence-electron chi connectivity index (χ4n) is 0.669. The number of amides is 1. The van der Waals surface area contributed by atoms with Gasteiger partial charge in [-0.05, 0) is 13.3 Å². The Balaban J connectivity index is 4.37. The van der Waals surface area contributed by atoms with Crippen LogP contribution in [0.3, 0.4) is 0 Å². The zero-order valence-electron chi connectivity index (χ0n) is 8.28. The number of hydrogen-bond acceptors (Lipinski definition) is 4. The van der Waals surface area contributed by atoms with Crippen LogP contribution in [0.2, 0.25) is 0 Å². The number of carbonyl (C=O) groups excluding carboxylic acids is 1. The Bertz CT molecular complexity index is 227. The molecule has 6 nitrogen and oxygen atoms in total. The quantitative estimate of drug-likeness (QED) is 0.443. The Morgan fingerprint density at radius 3 is 2.36 bits per heavy atom. The minimum Gasteiger partial charge on any atom is -0.480 e. The van der Waals surface area contributed by atoms with E-state index in [4.69, 9.17) is 15.9 Å². The number of hydrogen-bond donors (Lipinski definition) is 4. The van der Waals surface area contributed by atoms with E-state index in [1.165, 1.54) is 6.92 Å². The molecule has 0 aromatic rings. The van der Waals surface area contributed by atoms with Gasteiger partial charge in [0.05, 0.1) is 12.1 Å². The van der Waals surface area contributed by atoms with E-state index in [1.54, 1.807) is 6.92 Å². The third-order valence-electron chi connectivity index (χ3n) is 2.04. The molecule has 0 spiro atoms. The molecule has 0 aliphatic carbocycles. The lowest BCUT2D eigenvalue weighted by Crippen LogP contribution is -2.56. The summed E-state index contributed by atoms with van der Waals surface area (Å²) >= 11 is 0. The van der Waals surface area contributed by atoms with E-state index in [0.29, 0.717) is 6.42 Å². The van der Waals surface area contributed by atoms with Gasteiger partial charge in [-0.1, -0.05) is 6.92 Å². The molecular formula is C8H16N2O4. The molecule has 0 rings (SSSR count). The van der Waals surface area contributed by atoms with Crippen molar-refractivity contribution in [3.63, 3.8) is 0 Å². The number of nitrogens with two attached hydrogens (primary N) is 1. The summed E-state index contributed by atoms with van der Waals surface area (Å²) in [6.45, 7) is 2.56. The summed E-state index contributed by atoms with van der Waals surface area (Å²) in [5.74, 6) is -1.87. The second kappa shape index (κ2) is 4.92. The Labute approximate surface area is 82.1 Å². The number of carboxylic acid groups (broad SMARTS) is 1. The van der Waals surface area contributed by atoms with E-state index >= 15 is 0 Å². The van der Waals surface area contributed by atoms with Crippen LogP contribution in [0.25, 0.3) is 0 Å². The average Bonchev–Trinajstić information content (AvgIpc) is 2.12. The Morgan fingerprint density at radius 2 is 2.07 bits per heavy atom. The van der Waals surface area contributed by atoms with E-state index in [0.717, 1.165) is 0 Å². The van der Waals surface area contributed by atoms with Crippen LogP contribution < -0.4 is 11.1 Å². The number of carbonyl (C=O) groups is 2. The van der Waals surface area contributed by atoms with Crippen molar-refractivity contribution in [2.24, 2.45) is 5.73 Å². The molecule has 0 saturated heterocycles. The fraction of sp³-hybridized carbons (Fsp3) is 0.750. The molecule has 0 radical (unpaired) electrons. The molecule has 2 atom stereocenters. The summed E-state index contributed by atoms with van der Waals surface area (Å²) < 4.78 is 0. The lowest BCUT2D eigenvalue weighted by atomic mass is 9.99. The molecule has 0 aliphatic rings. The zero-order valence-corrected chi connectivity index (χ0v) is 8.28. The van der Waals surface area contributed by atoms with Crippen molar-refractivity contribution in [1.82, 2.24) is 5.32 Å². The third-order valence-corrected chi connectivity index (χ3v) is 2.04.